The molecule has 28 heavy (non-hydrogen) atoms. The van der Waals surface area contributed by atoms with Crippen molar-refractivity contribution in [3.8, 4) is 0 Å². The fourth-order valence-corrected chi connectivity index (χ4v) is 3.05. The van der Waals surface area contributed by atoms with Gasteiger partial charge in [-0.15, -0.1) is 0 Å². The number of anilines is 2. The first kappa shape index (κ1) is 19.6. The zero-order chi connectivity index (χ0) is 20.1. The quantitative estimate of drug-likeness (QED) is 0.633. The average Bonchev–Trinajstić information content (AvgIpc) is 2.70. The zero-order valence-electron chi connectivity index (χ0n) is 16.4. The van der Waals surface area contributed by atoms with Crippen LogP contribution in [0, 0.1) is 6.92 Å². The molecule has 2 aromatic carbocycles. The van der Waals surface area contributed by atoms with Crippen LogP contribution in [0.1, 0.15) is 15.9 Å². The molecule has 0 saturated carbocycles. The van der Waals surface area contributed by atoms with Crippen molar-refractivity contribution in [2.45, 2.75) is 6.92 Å². The van der Waals surface area contributed by atoms with E-state index in [1.807, 2.05) is 37.3 Å². The number of piperazine rings is 1. The van der Waals surface area contributed by atoms with Crippen molar-refractivity contribution in [1.82, 2.24) is 4.90 Å². The summed E-state index contributed by atoms with van der Waals surface area (Å²) in [6.07, 6.45) is 0. The lowest BCUT2D eigenvalue weighted by atomic mass is 10.1. The van der Waals surface area contributed by atoms with Gasteiger partial charge in [0.1, 0.15) is 0 Å². The molecule has 1 aliphatic heterocycles. The number of nitrogens with zero attached hydrogens (tertiary/aromatic N) is 4. The minimum atomic E-state index is -0.200. The number of aryl methyl sites for hydroxylation is 1. The minimum absolute atomic E-state index is 0.0696. The summed E-state index contributed by atoms with van der Waals surface area (Å²) in [7, 11) is 2.14. The number of carbonyl (C=O) groups excluding carboxylic acids is 1. The maximum atomic E-state index is 12.6. The van der Waals surface area contributed by atoms with Crippen molar-refractivity contribution in [3.63, 3.8) is 0 Å². The molecule has 1 heterocycles. The molecule has 0 aliphatic carbocycles. The molecule has 146 valence electrons. The summed E-state index contributed by atoms with van der Waals surface area (Å²) in [5.74, 6) is -0.130. The third kappa shape index (κ3) is 4.75. The van der Waals surface area contributed by atoms with Crippen molar-refractivity contribution in [2.75, 3.05) is 43.4 Å². The van der Waals surface area contributed by atoms with Gasteiger partial charge in [0.2, 0.25) is 5.96 Å². The summed E-state index contributed by atoms with van der Waals surface area (Å²) in [4.78, 5) is 25.1. The number of nitrogens with one attached hydrogen (secondary N) is 1. The van der Waals surface area contributed by atoms with Crippen LogP contribution >= 0.6 is 0 Å². The van der Waals surface area contributed by atoms with Gasteiger partial charge in [0.15, 0.2) is 0 Å². The molecule has 1 fully saturated rings. The molecule has 0 bridgehead atoms. The summed E-state index contributed by atoms with van der Waals surface area (Å²) in [5.41, 5.74) is 9.55. The summed E-state index contributed by atoms with van der Waals surface area (Å²) in [6.45, 7) is 9.39. The Morgan fingerprint density at radius 3 is 2.43 bits per heavy atom. The van der Waals surface area contributed by atoms with Crippen LogP contribution in [0.15, 0.2) is 52.4 Å². The fourth-order valence-electron chi connectivity index (χ4n) is 3.05. The largest absolute Gasteiger partial charge is 0.369 e. The van der Waals surface area contributed by atoms with E-state index in [1.54, 1.807) is 12.1 Å². The van der Waals surface area contributed by atoms with Gasteiger partial charge in [-0.25, -0.2) is 9.98 Å². The molecule has 0 spiro atoms. The number of hydrogen-bond acceptors (Lipinski definition) is 4. The molecule has 7 heteroatoms. The topological polar surface area (TPSA) is 86.3 Å². The van der Waals surface area contributed by atoms with E-state index < -0.39 is 0 Å². The van der Waals surface area contributed by atoms with Crippen LogP contribution in [0.25, 0.3) is 0 Å². The Bertz CT molecular complexity index is 882. The number of amides is 1. The highest BCUT2D eigenvalue weighted by atomic mass is 16.1. The van der Waals surface area contributed by atoms with Gasteiger partial charge in [-0.2, -0.15) is 0 Å². The van der Waals surface area contributed by atoms with Gasteiger partial charge in [0.25, 0.3) is 5.91 Å². The van der Waals surface area contributed by atoms with Gasteiger partial charge >= 0.3 is 0 Å². The van der Waals surface area contributed by atoms with E-state index in [0.717, 1.165) is 37.4 Å². The monoisotopic (exact) mass is 378 g/mol. The second kappa shape index (κ2) is 8.67. The van der Waals surface area contributed by atoms with Gasteiger partial charge in [0, 0.05) is 43.1 Å². The molecular weight excluding hydrogens is 352 g/mol. The van der Waals surface area contributed by atoms with Gasteiger partial charge in [-0.05, 0) is 62.7 Å². The predicted octanol–water partition coefficient (Wildman–Crippen LogP) is 2.65. The Balaban J connectivity index is 1.69. The van der Waals surface area contributed by atoms with Gasteiger partial charge in [-0.3, -0.25) is 4.79 Å². The van der Waals surface area contributed by atoms with Crippen LogP contribution < -0.4 is 16.0 Å². The van der Waals surface area contributed by atoms with Crippen molar-refractivity contribution in [1.29, 1.82) is 0 Å². The third-order valence-electron chi connectivity index (χ3n) is 4.86. The highest BCUT2D eigenvalue weighted by Crippen LogP contribution is 2.23. The molecular formula is C21H26N6O. The zero-order valence-corrected chi connectivity index (χ0v) is 16.4. The normalized spacial score (nSPS) is 15.4. The van der Waals surface area contributed by atoms with Crippen LogP contribution in [-0.2, 0) is 0 Å². The predicted molar refractivity (Wildman–Crippen MR) is 116 cm³/mol. The summed E-state index contributed by atoms with van der Waals surface area (Å²) < 4.78 is 0. The number of carbonyl (C=O) groups is 1. The smallest absolute Gasteiger partial charge is 0.255 e. The van der Waals surface area contributed by atoms with E-state index in [9.17, 15) is 4.79 Å². The lowest BCUT2D eigenvalue weighted by Crippen LogP contribution is -2.44. The third-order valence-corrected chi connectivity index (χ3v) is 4.86. The molecule has 0 unspecified atom stereocenters. The second-order valence-electron chi connectivity index (χ2n) is 6.92. The Kier molecular flexibility index (Phi) is 6.06. The van der Waals surface area contributed by atoms with E-state index in [1.165, 1.54) is 5.69 Å². The Hall–Kier alpha value is -3.19. The van der Waals surface area contributed by atoms with Crippen LogP contribution in [0.3, 0.4) is 0 Å². The summed E-state index contributed by atoms with van der Waals surface area (Å²) >= 11 is 0. The van der Waals surface area contributed by atoms with Gasteiger partial charge in [0.05, 0.1) is 5.69 Å². The van der Waals surface area contributed by atoms with Gasteiger partial charge in [-0.1, -0.05) is 6.07 Å². The number of nitrogens with two attached hydrogens (primary N) is 1. The highest BCUT2D eigenvalue weighted by Gasteiger charge is 2.14. The van der Waals surface area contributed by atoms with Crippen molar-refractivity contribution < 1.29 is 4.79 Å². The molecule has 7 nitrogen and oxygen atoms in total. The maximum absolute atomic E-state index is 12.6. The SMILES string of the molecule is C=NC(N)=Nc1cc(C(=O)Nc2ccc(N3CCN(C)CC3)cc2)ccc1C. The Morgan fingerprint density at radius 1 is 1.11 bits per heavy atom. The number of rotatable bonds is 4. The minimum Gasteiger partial charge on any atom is -0.369 e. The molecule has 3 rings (SSSR count). The van der Waals surface area contributed by atoms with Crippen LogP contribution in [0.4, 0.5) is 17.1 Å². The highest BCUT2D eigenvalue weighted by molar-refractivity contribution is 6.05. The van der Waals surface area contributed by atoms with E-state index in [2.05, 4.69) is 38.9 Å². The molecule has 1 amide bonds. The van der Waals surface area contributed by atoms with Gasteiger partial charge < -0.3 is 20.9 Å². The van der Waals surface area contributed by atoms with E-state index >= 15 is 0 Å². The van der Waals surface area contributed by atoms with Crippen LogP contribution in [0.5, 0.6) is 0 Å². The fraction of sp³-hybridized carbons (Fsp3) is 0.286. The summed E-state index contributed by atoms with van der Waals surface area (Å²) in [6, 6.07) is 13.2. The number of likely N-dealkylation sites (N-methyl/N-ethyl adjacent to an activating group) is 1. The van der Waals surface area contributed by atoms with Crippen LogP contribution in [0.2, 0.25) is 0 Å². The number of aliphatic imine (C=N–C) groups is 2. The van der Waals surface area contributed by atoms with E-state index in [4.69, 9.17) is 5.73 Å². The molecule has 1 saturated heterocycles. The first-order valence-corrected chi connectivity index (χ1v) is 9.22. The average molecular weight is 378 g/mol. The first-order valence-electron chi connectivity index (χ1n) is 9.22. The lowest BCUT2D eigenvalue weighted by molar-refractivity contribution is 0.102. The number of benzene rings is 2. The maximum Gasteiger partial charge on any atom is 0.255 e. The molecule has 0 aromatic heterocycles. The molecule has 1 aliphatic rings. The van der Waals surface area contributed by atoms with Crippen molar-refractivity contribution in [3.05, 3.63) is 53.6 Å². The second-order valence-corrected chi connectivity index (χ2v) is 6.92. The summed E-state index contributed by atoms with van der Waals surface area (Å²) in [5, 5.41) is 2.93. The van der Waals surface area contributed by atoms with E-state index in [-0.39, 0.29) is 11.9 Å². The molecule has 0 radical (unpaired) electrons. The number of guanidine groups is 1. The van der Waals surface area contributed by atoms with Crippen LogP contribution in [-0.4, -0.2) is 56.7 Å². The van der Waals surface area contributed by atoms with E-state index in [0.29, 0.717) is 11.3 Å². The molecule has 2 aromatic rings. The Labute approximate surface area is 165 Å². The van der Waals surface area contributed by atoms with Crippen molar-refractivity contribution >= 4 is 35.6 Å². The molecule has 3 N–H and O–H groups in total. The Morgan fingerprint density at radius 2 is 1.79 bits per heavy atom. The van der Waals surface area contributed by atoms with Crippen molar-refractivity contribution in [2.24, 2.45) is 15.7 Å². The lowest BCUT2D eigenvalue weighted by Gasteiger charge is -2.34. The number of hydrogen-bond donors (Lipinski definition) is 2. The first-order chi connectivity index (χ1) is 13.5. The molecule has 0 atom stereocenters. The standard InChI is InChI=1S/C21H26N6O/c1-15-4-5-16(14-19(15)25-21(22)23-2)20(28)24-17-6-8-18(9-7-17)27-12-10-26(3)11-13-27/h4-9,14H,2,10-13H2,1,3H3,(H2,22,25)(H,24,28).